The molecule has 1 heterocycles. The number of rotatable bonds is 5. The molecular formula is C18H15ClFN3O2S. The van der Waals surface area contributed by atoms with Crippen molar-refractivity contribution in [3.63, 3.8) is 0 Å². The highest BCUT2D eigenvalue weighted by atomic mass is 35.5. The average molecular weight is 392 g/mol. The lowest BCUT2D eigenvalue weighted by atomic mass is 9.97. The summed E-state index contributed by atoms with van der Waals surface area (Å²) in [5.74, 6) is -1.40. The van der Waals surface area contributed by atoms with Gasteiger partial charge in [-0.2, -0.15) is 0 Å². The maximum atomic E-state index is 14.3. The Balaban J connectivity index is 1.83. The molecule has 1 aliphatic rings. The number of carbonyl (C=O) groups excluding carboxylic acids is 2. The number of hydrogen-bond donors (Lipinski definition) is 0. The molecule has 5 nitrogen and oxygen atoms in total. The Morgan fingerprint density at radius 2 is 2.08 bits per heavy atom. The topological polar surface area (TPSA) is 63.2 Å². The van der Waals surface area contributed by atoms with Crippen molar-refractivity contribution < 1.29 is 14.0 Å². The van der Waals surface area contributed by atoms with Gasteiger partial charge in [0.05, 0.1) is 11.0 Å². The first-order valence-corrected chi connectivity index (χ1v) is 9.13. The zero-order valence-electron chi connectivity index (χ0n) is 13.8. The van der Waals surface area contributed by atoms with Gasteiger partial charge >= 0.3 is 0 Å². The van der Waals surface area contributed by atoms with Gasteiger partial charge in [-0.3, -0.25) is 14.5 Å². The highest BCUT2D eigenvalue weighted by Gasteiger charge is 2.34. The average Bonchev–Trinajstić information content (AvgIpc) is 3.14. The highest BCUT2D eigenvalue weighted by Crippen LogP contribution is 2.32. The molecule has 0 fully saturated rings. The molecule has 0 radical (unpaired) electrons. The fourth-order valence-electron chi connectivity index (χ4n) is 2.55. The van der Waals surface area contributed by atoms with Gasteiger partial charge in [0.2, 0.25) is 11.0 Å². The van der Waals surface area contributed by atoms with Crippen molar-refractivity contribution in [1.29, 1.82) is 0 Å². The highest BCUT2D eigenvalue weighted by molar-refractivity contribution is 7.18. The zero-order valence-corrected chi connectivity index (χ0v) is 15.4. The van der Waals surface area contributed by atoms with Crippen LogP contribution in [0.25, 0.3) is 10.6 Å². The Hall–Kier alpha value is -2.38. The monoisotopic (exact) mass is 391 g/mol. The lowest BCUT2D eigenvalue weighted by Gasteiger charge is -2.25. The molecule has 0 saturated heterocycles. The van der Waals surface area contributed by atoms with Crippen LogP contribution in [0.1, 0.15) is 17.3 Å². The van der Waals surface area contributed by atoms with E-state index in [-0.39, 0.29) is 5.03 Å². The largest absolute Gasteiger partial charge is 0.298 e. The second kappa shape index (κ2) is 7.88. The summed E-state index contributed by atoms with van der Waals surface area (Å²) in [4.78, 5) is 24.9. The second-order valence-electron chi connectivity index (χ2n) is 5.58. The molecule has 2 unspecified atom stereocenters. The summed E-state index contributed by atoms with van der Waals surface area (Å²) in [6.07, 6.45) is 3.72. The minimum absolute atomic E-state index is 0.00937. The van der Waals surface area contributed by atoms with Crippen molar-refractivity contribution in [2.24, 2.45) is 5.92 Å². The molecule has 26 heavy (non-hydrogen) atoms. The summed E-state index contributed by atoms with van der Waals surface area (Å²) >= 11 is 7.05. The van der Waals surface area contributed by atoms with Gasteiger partial charge in [0.1, 0.15) is 11.3 Å². The molecule has 0 bridgehead atoms. The smallest absolute Gasteiger partial charge is 0.239 e. The summed E-state index contributed by atoms with van der Waals surface area (Å²) in [7, 11) is 0. The quantitative estimate of drug-likeness (QED) is 0.722. The molecule has 0 spiro atoms. The summed E-state index contributed by atoms with van der Waals surface area (Å²) in [5, 5.41) is 9.19. The van der Waals surface area contributed by atoms with Gasteiger partial charge in [-0.1, -0.05) is 59.4 Å². The van der Waals surface area contributed by atoms with Gasteiger partial charge in [0, 0.05) is 17.7 Å². The van der Waals surface area contributed by atoms with Crippen LogP contribution in [-0.2, 0) is 4.79 Å². The molecule has 2 aromatic rings. The Kier molecular flexibility index (Phi) is 5.58. The molecule has 1 amide bonds. The fraction of sp³-hybridized carbons (Fsp3) is 0.222. The van der Waals surface area contributed by atoms with E-state index in [1.165, 1.54) is 28.4 Å². The molecule has 0 saturated carbocycles. The first-order valence-electron chi connectivity index (χ1n) is 7.93. The van der Waals surface area contributed by atoms with Crippen LogP contribution in [0.2, 0.25) is 0 Å². The van der Waals surface area contributed by atoms with Crippen LogP contribution in [0.5, 0.6) is 0 Å². The number of hydrogen-bond acceptors (Lipinski definition) is 5. The van der Waals surface area contributed by atoms with E-state index in [9.17, 15) is 14.0 Å². The van der Waals surface area contributed by atoms with E-state index in [0.29, 0.717) is 22.2 Å². The summed E-state index contributed by atoms with van der Waals surface area (Å²) in [5.41, 5.74) is 1.35. The summed E-state index contributed by atoms with van der Waals surface area (Å²) < 4.78 is 14.3. The standard InChI is InChI=1S/C18H15ClFN3O2S/c1-2-23(17(25)13-4-3-5-14(19)15(13)20)18-22-21-16(26-18)12-8-6-11(10-24)7-9-12/h3-10,13,15H,2H2,1H3. The van der Waals surface area contributed by atoms with Crippen molar-refractivity contribution in [3.05, 3.63) is 53.1 Å². The van der Waals surface area contributed by atoms with E-state index in [0.717, 1.165) is 11.8 Å². The fourth-order valence-corrected chi connectivity index (χ4v) is 3.67. The Morgan fingerprint density at radius 1 is 1.35 bits per heavy atom. The van der Waals surface area contributed by atoms with Gasteiger partial charge in [0.15, 0.2) is 6.17 Å². The maximum Gasteiger partial charge on any atom is 0.239 e. The molecule has 1 aromatic heterocycles. The molecule has 3 rings (SSSR count). The lowest BCUT2D eigenvalue weighted by Crippen LogP contribution is -2.40. The number of benzene rings is 1. The number of allylic oxidation sites excluding steroid dienone is 3. The van der Waals surface area contributed by atoms with Crippen LogP contribution in [0.15, 0.2) is 47.5 Å². The van der Waals surface area contributed by atoms with Crippen LogP contribution in [0.3, 0.4) is 0 Å². The predicted molar refractivity (Wildman–Crippen MR) is 100 cm³/mol. The molecule has 2 atom stereocenters. The molecule has 1 aromatic carbocycles. The summed E-state index contributed by atoms with van der Waals surface area (Å²) in [6, 6.07) is 6.89. The second-order valence-corrected chi connectivity index (χ2v) is 6.97. The molecule has 0 N–H and O–H groups in total. The van der Waals surface area contributed by atoms with E-state index >= 15 is 0 Å². The number of anilines is 1. The number of aldehydes is 1. The SMILES string of the molecule is CCN(C(=O)C1C=CC=C(Cl)C1F)c1nnc(-c2ccc(C=O)cc2)s1. The van der Waals surface area contributed by atoms with E-state index in [4.69, 9.17) is 11.6 Å². The van der Waals surface area contributed by atoms with Crippen molar-refractivity contribution in [3.8, 4) is 10.6 Å². The maximum absolute atomic E-state index is 14.3. The van der Waals surface area contributed by atoms with Gasteiger partial charge in [-0.15, -0.1) is 10.2 Å². The Bertz CT molecular complexity index is 879. The van der Waals surface area contributed by atoms with Crippen molar-refractivity contribution in [1.82, 2.24) is 10.2 Å². The zero-order chi connectivity index (χ0) is 18.7. The van der Waals surface area contributed by atoms with E-state index < -0.39 is 18.0 Å². The van der Waals surface area contributed by atoms with Gasteiger partial charge in [0.25, 0.3) is 0 Å². The first-order chi connectivity index (χ1) is 12.5. The number of halogens is 2. The molecule has 0 aliphatic heterocycles. The minimum atomic E-state index is -1.56. The Morgan fingerprint density at radius 3 is 2.73 bits per heavy atom. The minimum Gasteiger partial charge on any atom is -0.298 e. The van der Waals surface area contributed by atoms with Crippen LogP contribution >= 0.6 is 22.9 Å². The normalized spacial score (nSPS) is 19.1. The third-order valence-corrected chi connectivity index (χ3v) is 5.29. The number of alkyl halides is 1. The van der Waals surface area contributed by atoms with Crippen LogP contribution in [0.4, 0.5) is 9.52 Å². The number of aromatic nitrogens is 2. The Labute approximate surface area is 158 Å². The van der Waals surface area contributed by atoms with Crippen molar-refractivity contribution >= 4 is 40.3 Å². The van der Waals surface area contributed by atoms with Crippen molar-refractivity contribution in [2.45, 2.75) is 13.1 Å². The van der Waals surface area contributed by atoms with Crippen LogP contribution in [0, 0.1) is 5.92 Å². The number of nitrogens with zero attached hydrogens (tertiary/aromatic N) is 3. The van der Waals surface area contributed by atoms with Gasteiger partial charge < -0.3 is 0 Å². The summed E-state index contributed by atoms with van der Waals surface area (Å²) in [6.45, 7) is 2.12. The van der Waals surface area contributed by atoms with Crippen molar-refractivity contribution in [2.75, 3.05) is 11.4 Å². The van der Waals surface area contributed by atoms with Crippen LogP contribution in [-0.4, -0.2) is 35.1 Å². The van der Waals surface area contributed by atoms with Crippen LogP contribution < -0.4 is 4.90 Å². The third-order valence-electron chi connectivity index (χ3n) is 3.96. The molecule has 8 heteroatoms. The number of amides is 1. The predicted octanol–water partition coefficient (Wildman–Crippen LogP) is 4.02. The van der Waals surface area contributed by atoms with E-state index in [1.807, 2.05) is 0 Å². The van der Waals surface area contributed by atoms with E-state index in [1.54, 1.807) is 37.3 Å². The number of carbonyl (C=O) groups is 2. The van der Waals surface area contributed by atoms with Gasteiger partial charge in [-0.25, -0.2) is 4.39 Å². The van der Waals surface area contributed by atoms with Gasteiger partial charge in [-0.05, 0) is 13.0 Å². The molecule has 134 valence electrons. The molecular weight excluding hydrogens is 377 g/mol. The van der Waals surface area contributed by atoms with E-state index in [2.05, 4.69) is 10.2 Å². The first kappa shape index (κ1) is 18.4. The molecule has 1 aliphatic carbocycles. The third kappa shape index (κ3) is 3.59. The lowest BCUT2D eigenvalue weighted by molar-refractivity contribution is -0.122.